The maximum absolute atomic E-state index is 12.0. The average Bonchev–Trinajstić information content (AvgIpc) is 3.05. The Morgan fingerprint density at radius 2 is 2.42 bits per heavy atom. The number of H-pyrrole nitrogens is 1. The molecule has 0 aliphatic carbocycles. The Bertz CT molecular complexity index is 651. The fourth-order valence-corrected chi connectivity index (χ4v) is 3.35. The highest BCUT2D eigenvalue weighted by Crippen LogP contribution is 2.34. The van der Waals surface area contributed by atoms with Crippen molar-refractivity contribution in [1.29, 1.82) is 5.26 Å². The van der Waals surface area contributed by atoms with E-state index in [4.69, 9.17) is 0 Å². The molecular weight excluding hydrogens is 260 g/mol. The van der Waals surface area contributed by atoms with Gasteiger partial charge in [0, 0.05) is 17.6 Å². The highest BCUT2D eigenvalue weighted by atomic mass is 32.1. The maximum atomic E-state index is 12.0. The Morgan fingerprint density at radius 3 is 3.16 bits per heavy atom. The maximum Gasteiger partial charge on any atom is 0.272 e. The molecule has 0 radical (unpaired) electrons. The molecule has 0 saturated heterocycles. The lowest BCUT2D eigenvalue weighted by atomic mass is 10.1. The third kappa shape index (κ3) is 2.14. The van der Waals surface area contributed by atoms with Crippen molar-refractivity contribution >= 4 is 22.2 Å². The molecule has 0 fully saturated rings. The van der Waals surface area contributed by atoms with Gasteiger partial charge in [-0.2, -0.15) is 5.26 Å². The molecular formula is C13H12N4OS. The predicted molar refractivity (Wildman–Crippen MR) is 73.2 cm³/mol. The summed E-state index contributed by atoms with van der Waals surface area (Å²) in [6, 6.07) is 5.68. The first-order valence-corrected chi connectivity index (χ1v) is 6.81. The highest BCUT2D eigenvalue weighted by Gasteiger charge is 2.21. The number of nitriles is 1. The molecule has 0 atom stereocenters. The number of nitrogens with zero attached hydrogens (tertiary/aromatic N) is 1. The van der Waals surface area contributed by atoms with Crippen LogP contribution in [0, 0.1) is 11.3 Å². The summed E-state index contributed by atoms with van der Waals surface area (Å²) in [7, 11) is 0. The number of thiophene rings is 1. The van der Waals surface area contributed by atoms with Crippen molar-refractivity contribution < 1.29 is 4.79 Å². The Morgan fingerprint density at radius 1 is 1.53 bits per heavy atom. The van der Waals surface area contributed by atoms with Crippen molar-refractivity contribution in [3.8, 4) is 6.07 Å². The summed E-state index contributed by atoms with van der Waals surface area (Å²) >= 11 is 1.48. The summed E-state index contributed by atoms with van der Waals surface area (Å²) in [4.78, 5) is 16.0. The van der Waals surface area contributed by atoms with Crippen molar-refractivity contribution in [2.24, 2.45) is 0 Å². The fraction of sp³-hybridized carbons (Fsp3) is 0.231. The molecule has 0 spiro atoms. The number of aromatic amines is 1. The second-order valence-electron chi connectivity index (χ2n) is 4.28. The number of hydrogen-bond acceptors (Lipinski definition) is 4. The zero-order valence-corrected chi connectivity index (χ0v) is 10.9. The van der Waals surface area contributed by atoms with E-state index in [0.717, 1.165) is 30.0 Å². The second-order valence-corrected chi connectivity index (χ2v) is 5.39. The molecule has 0 saturated carbocycles. The van der Waals surface area contributed by atoms with E-state index < -0.39 is 0 Å². The summed E-state index contributed by atoms with van der Waals surface area (Å²) in [5, 5.41) is 16.0. The summed E-state index contributed by atoms with van der Waals surface area (Å²) in [5.74, 6) is -0.215. The zero-order chi connectivity index (χ0) is 13.2. The van der Waals surface area contributed by atoms with E-state index in [2.05, 4.69) is 21.7 Å². The number of hydrogen-bond donors (Lipinski definition) is 3. The molecule has 3 heterocycles. The number of aromatic nitrogens is 1. The van der Waals surface area contributed by atoms with Crippen LogP contribution in [0.25, 0.3) is 0 Å². The van der Waals surface area contributed by atoms with Crippen LogP contribution in [-0.2, 0) is 13.0 Å². The summed E-state index contributed by atoms with van der Waals surface area (Å²) in [6.45, 7) is 1.65. The van der Waals surface area contributed by atoms with Gasteiger partial charge >= 0.3 is 0 Å². The van der Waals surface area contributed by atoms with Crippen LogP contribution in [0.15, 0.2) is 18.3 Å². The van der Waals surface area contributed by atoms with E-state index in [-0.39, 0.29) is 5.91 Å². The standard InChI is InChI=1S/C13H12N4OS/c14-6-9-8-3-5-15-7-11(8)19-13(9)17-12(18)10-2-1-4-16-10/h1-2,4,15-16H,3,5,7H2,(H,17,18). The molecule has 0 unspecified atom stereocenters. The van der Waals surface area contributed by atoms with E-state index in [9.17, 15) is 10.1 Å². The summed E-state index contributed by atoms with van der Waals surface area (Å²) < 4.78 is 0. The normalized spacial score (nSPS) is 13.6. The number of anilines is 1. The lowest BCUT2D eigenvalue weighted by molar-refractivity contribution is 0.102. The van der Waals surface area contributed by atoms with Crippen LogP contribution >= 0.6 is 11.3 Å². The predicted octanol–water partition coefficient (Wildman–Crippen LogP) is 1.85. The van der Waals surface area contributed by atoms with Crippen LogP contribution in [0.5, 0.6) is 0 Å². The summed E-state index contributed by atoms with van der Waals surface area (Å²) in [6.07, 6.45) is 2.54. The van der Waals surface area contributed by atoms with Crippen molar-refractivity contribution in [2.45, 2.75) is 13.0 Å². The molecule has 19 heavy (non-hydrogen) atoms. The van der Waals surface area contributed by atoms with Gasteiger partial charge in [-0.25, -0.2) is 0 Å². The minimum absolute atomic E-state index is 0.215. The third-order valence-corrected chi connectivity index (χ3v) is 4.26. The monoisotopic (exact) mass is 272 g/mol. The molecule has 1 aliphatic rings. The molecule has 96 valence electrons. The van der Waals surface area contributed by atoms with Crippen LogP contribution in [0.1, 0.15) is 26.5 Å². The molecule has 3 rings (SSSR count). The molecule has 0 bridgehead atoms. The molecule has 2 aromatic heterocycles. The fourth-order valence-electron chi connectivity index (χ4n) is 2.18. The van der Waals surface area contributed by atoms with Crippen molar-refractivity contribution in [2.75, 3.05) is 11.9 Å². The van der Waals surface area contributed by atoms with Gasteiger partial charge in [-0.1, -0.05) is 0 Å². The molecule has 1 aliphatic heterocycles. The van der Waals surface area contributed by atoms with Gasteiger partial charge in [-0.15, -0.1) is 11.3 Å². The van der Waals surface area contributed by atoms with E-state index in [1.807, 2.05) is 0 Å². The third-order valence-electron chi connectivity index (χ3n) is 3.11. The van der Waals surface area contributed by atoms with E-state index >= 15 is 0 Å². The van der Waals surface area contributed by atoms with Crippen molar-refractivity contribution in [3.63, 3.8) is 0 Å². The van der Waals surface area contributed by atoms with Crippen LogP contribution in [0.4, 0.5) is 5.00 Å². The molecule has 1 amide bonds. The topological polar surface area (TPSA) is 80.7 Å². The number of carbonyl (C=O) groups is 1. The zero-order valence-electron chi connectivity index (χ0n) is 10.1. The number of fused-ring (bicyclic) bond motifs is 1. The number of amides is 1. The van der Waals surface area contributed by atoms with Gasteiger partial charge in [0.05, 0.1) is 5.56 Å². The van der Waals surface area contributed by atoms with Gasteiger partial charge in [0.25, 0.3) is 5.91 Å². The number of carbonyl (C=O) groups excluding carboxylic acids is 1. The minimum Gasteiger partial charge on any atom is -0.357 e. The lowest BCUT2D eigenvalue weighted by Crippen LogP contribution is -2.22. The molecule has 5 nitrogen and oxygen atoms in total. The van der Waals surface area contributed by atoms with E-state index in [0.29, 0.717) is 16.3 Å². The van der Waals surface area contributed by atoms with Gasteiger partial charge in [0.1, 0.15) is 16.8 Å². The first-order valence-electron chi connectivity index (χ1n) is 5.99. The van der Waals surface area contributed by atoms with Crippen LogP contribution < -0.4 is 10.6 Å². The van der Waals surface area contributed by atoms with Crippen molar-refractivity contribution in [1.82, 2.24) is 10.3 Å². The van der Waals surface area contributed by atoms with Crippen LogP contribution in [0.3, 0.4) is 0 Å². The van der Waals surface area contributed by atoms with Gasteiger partial charge in [-0.3, -0.25) is 4.79 Å². The Kier molecular flexibility index (Phi) is 3.07. The van der Waals surface area contributed by atoms with Gasteiger partial charge in [-0.05, 0) is 30.7 Å². The second kappa shape index (κ2) is 4.88. The van der Waals surface area contributed by atoms with Gasteiger partial charge in [0.15, 0.2) is 0 Å². The highest BCUT2D eigenvalue weighted by molar-refractivity contribution is 7.16. The Hall–Kier alpha value is -2.10. The van der Waals surface area contributed by atoms with Gasteiger partial charge in [0.2, 0.25) is 0 Å². The minimum atomic E-state index is -0.215. The summed E-state index contributed by atoms with van der Waals surface area (Å²) in [5.41, 5.74) is 2.18. The molecule has 2 aromatic rings. The molecule has 3 N–H and O–H groups in total. The Labute approximate surface area is 114 Å². The smallest absolute Gasteiger partial charge is 0.272 e. The first kappa shape index (κ1) is 12.0. The SMILES string of the molecule is N#Cc1c(NC(=O)c2ccc[nH]2)sc2c1CCNC2. The van der Waals surface area contributed by atoms with Crippen LogP contribution in [-0.4, -0.2) is 17.4 Å². The van der Waals surface area contributed by atoms with Gasteiger partial charge < -0.3 is 15.6 Å². The molecule has 0 aromatic carbocycles. The largest absolute Gasteiger partial charge is 0.357 e. The molecule has 6 heteroatoms. The number of nitrogens with one attached hydrogen (secondary N) is 3. The number of rotatable bonds is 2. The van der Waals surface area contributed by atoms with Crippen molar-refractivity contribution in [3.05, 3.63) is 40.0 Å². The van der Waals surface area contributed by atoms with Crippen LogP contribution in [0.2, 0.25) is 0 Å². The quantitative estimate of drug-likeness (QED) is 0.780. The van der Waals surface area contributed by atoms with E-state index in [1.54, 1.807) is 18.3 Å². The average molecular weight is 272 g/mol. The lowest BCUT2D eigenvalue weighted by Gasteiger charge is -2.11. The van der Waals surface area contributed by atoms with E-state index in [1.165, 1.54) is 11.3 Å². The Balaban J connectivity index is 1.91. The first-order chi connectivity index (χ1) is 9.29.